The lowest BCUT2D eigenvalue weighted by Gasteiger charge is -2.18. The van der Waals surface area contributed by atoms with Gasteiger partial charge in [0.1, 0.15) is 18.1 Å². The van der Waals surface area contributed by atoms with Gasteiger partial charge in [0, 0.05) is 29.9 Å². The van der Waals surface area contributed by atoms with Crippen LogP contribution in [0.25, 0.3) is 0 Å². The number of hydrogen-bond donors (Lipinski definition) is 1. The summed E-state index contributed by atoms with van der Waals surface area (Å²) in [4.78, 5) is 26.7. The molecule has 7 heteroatoms. The van der Waals surface area contributed by atoms with Crippen LogP contribution in [0, 0.1) is 13.8 Å². The van der Waals surface area contributed by atoms with Crippen LogP contribution >= 0.6 is 0 Å². The number of carbonyl (C=O) groups is 2. The minimum absolute atomic E-state index is 0.0185. The SMILES string of the molecule is CCN(CC)C(=O)c1ccc(NC(=O)c2ccc(OCc3c(C)noc3C)cc2)cc1. The standard InChI is InChI=1S/C24H27N3O4/c1-5-27(6-2)24(29)19-7-11-20(12-8-19)25-23(28)18-9-13-21(14-10-18)30-15-22-16(3)26-31-17(22)4/h7-14H,5-6,15H2,1-4H3,(H,25,28). The van der Waals surface area contributed by atoms with Gasteiger partial charge in [0.2, 0.25) is 0 Å². The number of nitrogens with one attached hydrogen (secondary N) is 1. The van der Waals surface area contributed by atoms with Gasteiger partial charge in [-0.3, -0.25) is 9.59 Å². The van der Waals surface area contributed by atoms with E-state index in [1.807, 2.05) is 27.7 Å². The second-order valence-corrected chi connectivity index (χ2v) is 7.12. The van der Waals surface area contributed by atoms with E-state index in [0.717, 1.165) is 17.0 Å². The van der Waals surface area contributed by atoms with Crippen molar-refractivity contribution in [3.8, 4) is 5.75 Å². The van der Waals surface area contributed by atoms with Crippen LogP contribution in [-0.4, -0.2) is 35.0 Å². The summed E-state index contributed by atoms with van der Waals surface area (Å²) in [6.07, 6.45) is 0. The summed E-state index contributed by atoms with van der Waals surface area (Å²) in [5.41, 5.74) is 3.46. The third-order valence-electron chi connectivity index (χ3n) is 5.12. The molecule has 0 spiro atoms. The molecule has 162 valence electrons. The summed E-state index contributed by atoms with van der Waals surface area (Å²) < 4.78 is 10.9. The largest absolute Gasteiger partial charge is 0.489 e. The van der Waals surface area contributed by atoms with Crippen molar-refractivity contribution in [2.75, 3.05) is 18.4 Å². The van der Waals surface area contributed by atoms with Crippen LogP contribution in [0.5, 0.6) is 5.75 Å². The van der Waals surface area contributed by atoms with Crippen molar-refractivity contribution < 1.29 is 18.8 Å². The van der Waals surface area contributed by atoms with E-state index in [-0.39, 0.29) is 11.8 Å². The molecule has 3 aromatic rings. The first-order valence-electron chi connectivity index (χ1n) is 10.3. The van der Waals surface area contributed by atoms with Crippen molar-refractivity contribution in [2.24, 2.45) is 0 Å². The fourth-order valence-electron chi connectivity index (χ4n) is 3.16. The molecule has 0 bridgehead atoms. The molecule has 0 aliphatic carbocycles. The normalized spacial score (nSPS) is 10.6. The number of amides is 2. The first-order chi connectivity index (χ1) is 14.9. The van der Waals surface area contributed by atoms with Crippen LogP contribution in [0.4, 0.5) is 5.69 Å². The zero-order valence-electron chi connectivity index (χ0n) is 18.3. The number of aromatic nitrogens is 1. The molecule has 7 nitrogen and oxygen atoms in total. The topological polar surface area (TPSA) is 84.7 Å². The number of nitrogens with zero attached hydrogens (tertiary/aromatic N) is 2. The van der Waals surface area contributed by atoms with E-state index in [2.05, 4.69) is 10.5 Å². The van der Waals surface area contributed by atoms with Crippen LogP contribution in [0.2, 0.25) is 0 Å². The molecule has 2 aromatic carbocycles. The third kappa shape index (κ3) is 5.31. The highest BCUT2D eigenvalue weighted by Gasteiger charge is 2.13. The molecule has 1 heterocycles. The summed E-state index contributed by atoms with van der Waals surface area (Å²) in [7, 11) is 0. The Kier molecular flexibility index (Phi) is 7.07. The zero-order valence-corrected chi connectivity index (χ0v) is 18.3. The number of anilines is 1. The van der Waals surface area contributed by atoms with Crippen molar-refractivity contribution in [3.63, 3.8) is 0 Å². The minimum atomic E-state index is -0.236. The van der Waals surface area contributed by atoms with Crippen LogP contribution in [0.3, 0.4) is 0 Å². The monoisotopic (exact) mass is 421 g/mol. The Hall–Kier alpha value is -3.61. The Morgan fingerprint density at radius 1 is 0.968 bits per heavy atom. The number of ether oxygens (including phenoxy) is 1. The zero-order chi connectivity index (χ0) is 22.4. The first-order valence-corrected chi connectivity index (χ1v) is 10.3. The molecule has 0 aliphatic heterocycles. The molecule has 0 radical (unpaired) electrons. The summed E-state index contributed by atoms with van der Waals surface area (Å²) in [6.45, 7) is 9.28. The van der Waals surface area contributed by atoms with Gasteiger partial charge in [-0.05, 0) is 76.2 Å². The average molecular weight is 421 g/mol. The maximum absolute atomic E-state index is 12.5. The number of hydrogen-bond acceptors (Lipinski definition) is 5. The molecule has 2 amide bonds. The lowest BCUT2D eigenvalue weighted by molar-refractivity contribution is 0.0773. The molecule has 1 N–H and O–H groups in total. The average Bonchev–Trinajstić information content (AvgIpc) is 3.11. The maximum Gasteiger partial charge on any atom is 0.255 e. The summed E-state index contributed by atoms with van der Waals surface area (Å²) in [5.74, 6) is 1.13. The molecule has 31 heavy (non-hydrogen) atoms. The van der Waals surface area contributed by atoms with E-state index in [1.54, 1.807) is 53.4 Å². The summed E-state index contributed by atoms with van der Waals surface area (Å²) >= 11 is 0. The molecule has 0 saturated carbocycles. The van der Waals surface area contributed by atoms with E-state index in [9.17, 15) is 9.59 Å². The first kappa shape index (κ1) is 22.1. The van der Waals surface area contributed by atoms with Gasteiger partial charge in [0.25, 0.3) is 11.8 Å². The summed E-state index contributed by atoms with van der Waals surface area (Å²) in [5, 5.41) is 6.75. The molecule has 0 saturated heterocycles. The van der Waals surface area contributed by atoms with E-state index in [1.165, 1.54) is 0 Å². The van der Waals surface area contributed by atoms with E-state index in [4.69, 9.17) is 9.26 Å². The Labute approximate surface area is 182 Å². The van der Waals surface area contributed by atoms with Gasteiger partial charge >= 0.3 is 0 Å². The van der Waals surface area contributed by atoms with Crippen LogP contribution in [0.15, 0.2) is 53.1 Å². The van der Waals surface area contributed by atoms with Crippen molar-refractivity contribution in [2.45, 2.75) is 34.3 Å². The van der Waals surface area contributed by atoms with Gasteiger partial charge in [-0.1, -0.05) is 5.16 Å². The Bertz CT molecular complexity index is 1020. The van der Waals surface area contributed by atoms with Crippen LogP contribution in [0.1, 0.15) is 51.6 Å². The van der Waals surface area contributed by atoms with Gasteiger partial charge in [-0.25, -0.2) is 0 Å². The highest BCUT2D eigenvalue weighted by molar-refractivity contribution is 6.04. The molecule has 3 rings (SSSR count). The lowest BCUT2D eigenvalue weighted by atomic mass is 10.1. The second-order valence-electron chi connectivity index (χ2n) is 7.12. The molecule has 0 unspecified atom stereocenters. The number of carbonyl (C=O) groups excluding carboxylic acids is 2. The van der Waals surface area contributed by atoms with Gasteiger partial charge in [0.05, 0.1) is 11.3 Å². The van der Waals surface area contributed by atoms with Crippen molar-refractivity contribution in [3.05, 3.63) is 76.7 Å². The predicted octanol–water partition coefficient (Wildman–Crippen LogP) is 4.60. The number of aryl methyl sites for hydroxylation is 2. The number of benzene rings is 2. The Morgan fingerprint density at radius 2 is 1.58 bits per heavy atom. The quantitative estimate of drug-likeness (QED) is 0.574. The Morgan fingerprint density at radius 3 is 2.13 bits per heavy atom. The van der Waals surface area contributed by atoms with Crippen molar-refractivity contribution in [1.82, 2.24) is 10.1 Å². The molecular formula is C24H27N3O4. The van der Waals surface area contributed by atoms with Gasteiger partial charge in [-0.2, -0.15) is 0 Å². The van der Waals surface area contributed by atoms with Crippen LogP contribution < -0.4 is 10.1 Å². The molecule has 0 aliphatic rings. The lowest BCUT2D eigenvalue weighted by Crippen LogP contribution is -2.30. The maximum atomic E-state index is 12.5. The fourth-order valence-corrected chi connectivity index (χ4v) is 3.16. The minimum Gasteiger partial charge on any atom is -0.489 e. The Balaban J connectivity index is 1.58. The van der Waals surface area contributed by atoms with E-state index < -0.39 is 0 Å². The van der Waals surface area contributed by atoms with Crippen LogP contribution in [-0.2, 0) is 6.61 Å². The molecule has 0 fully saturated rings. The molecular weight excluding hydrogens is 394 g/mol. The van der Waals surface area contributed by atoms with Gasteiger partial charge in [-0.15, -0.1) is 0 Å². The smallest absolute Gasteiger partial charge is 0.255 e. The third-order valence-corrected chi connectivity index (χ3v) is 5.12. The van der Waals surface area contributed by atoms with E-state index >= 15 is 0 Å². The fraction of sp³-hybridized carbons (Fsp3) is 0.292. The van der Waals surface area contributed by atoms with Crippen molar-refractivity contribution in [1.29, 1.82) is 0 Å². The second kappa shape index (κ2) is 9.93. The predicted molar refractivity (Wildman–Crippen MR) is 118 cm³/mol. The highest BCUT2D eigenvalue weighted by atomic mass is 16.5. The van der Waals surface area contributed by atoms with Crippen molar-refractivity contribution >= 4 is 17.5 Å². The highest BCUT2D eigenvalue weighted by Crippen LogP contribution is 2.19. The van der Waals surface area contributed by atoms with Gasteiger partial charge in [0.15, 0.2) is 0 Å². The van der Waals surface area contributed by atoms with E-state index in [0.29, 0.717) is 42.3 Å². The summed E-state index contributed by atoms with van der Waals surface area (Å²) in [6, 6.07) is 13.8. The molecule has 0 atom stereocenters. The van der Waals surface area contributed by atoms with Gasteiger partial charge < -0.3 is 19.5 Å². The number of rotatable bonds is 8. The molecule has 1 aromatic heterocycles.